The molecule has 0 aliphatic heterocycles. The van der Waals surface area contributed by atoms with E-state index in [1.54, 1.807) is 13.3 Å². The van der Waals surface area contributed by atoms with Crippen molar-refractivity contribution in [3.8, 4) is 28.3 Å². The van der Waals surface area contributed by atoms with Gasteiger partial charge in [0.1, 0.15) is 18.1 Å². The van der Waals surface area contributed by atoms with Gasteiger partial charge in [-0.2, -0.15) is 0 Å². The number of pyridine rings is 1. The summed E-state index contributed by atoms with van der Waals surface area (Å²) in [6.07, 6.45) is 7.12. The smallest absolute Gasteiger partial charge is 0.263 e. The Morgan fingerprint density at radius 1 is 1.03 bits per heavy atom. The quantitative estimate of drug-likeness (QED) is 0.360. The SMILES string of the molecule is COc1cccc(-c2nc3ncc(-c4cccc(CN(C)C)c4)cc3c(=O)n2CC(=O)NC2CCCCC2)c1. The van der Waals surface area contributed by atoms with Gasteiger partial charge in [-0.25, -0.2) is 9.97 Å². The largest absolute Gasteiger partial charge is 0.497 e. The summed E-state index contributed by atoms with van der Waals surface area (Å²) in [5, 5.41) is 3.51. The summed E-state index contributed by atoms with van der Waals surface area (Å²) in [4.78, 5) is 38.6. The predicted molar refractivity (Wildman–Crippen MR) is 154 cm³/mol. The van der Waals surface area contributed by atoms with E-state index >= 15 is 0 Å². The summed E-state index contributed by atoms with van der Waals surface area (Å²) in [7, 11) is 5.65. The molecule has 39 heavy (non-hydrogen) atoms. The van der Waals surface area contributed by atoms with Crippen LogP contribution < -0.4 is 15.6 Å². The van der Waals surface area contributed by atoms with E-state index in [4.69, 9.17) is 9.72 Å². The minimum absolute atomic E-state index is 0.118. The highest BCUT2D eigenvalue weighted by atomic mass is 16.5. The third kappa shape index (κ3) is 6.17. The van der Waals surface area contributed by atoms with Crippen molar-refractivity contribution in [3.63, 3.8) is 0 Å². The standard InChI is InChI=1S/C31H35N5O3/c1-35(2)19-21-9-7-10-22(15-21)24-17-27-29(32-18-24)34-30(23-11-8-14-26(16-23)39-3)36(31(27)38)20-28(37)33-25-12-5-4-6-13-25/h7-11,14-18,25H,4-6,12-13,19-20H2,1-3H3,(H,33,37). The van der Waals surface area contributed by atoms with Crippen LogP contribution in [0.5, 0.6) is 5.75 Å². The topological polar surface area (TPSA) is 89.4 Å². The number of nitrogens with one attached hydrogen (secondary N) is 1. The van der Waals surface area contributed by atoms with E-state index in [2.05, 4.69) is 27.3 Å². The molecule has 1 saturated carbocycles. The van der Waals surface area contributed by atoms with Crippen LogP contribution in [-0.2, 0) is 17.9 Å². The highest BCUT2D eigenvalue weighted by Crippen LogP contribution is 2.26. The average Bonchev–Trinajstić information content (AvgIpc) is 2.94. The van der Waals surface area contributed by atoms with Gasteiger partial charge in [0.2, 0.25) is 5.91 Å². The Kier molecular flexibility index (Phi) is 8.02. The van der Waals surface area contributed by atoms with Crippen molar-refractivity contribution < 1.29 is 9.53 Å². The van der Waals surface area contributed by atoms with E-state index < -0.39 is 0 Å². The molecule has 0 radical (unpaired) electrons. The molecule has 0 unspecified atom stereocenters. The van der Waals surface area contributed by atoms with Crippen molar-refractivity contribution in [3.05, 3.63) is 76.7 Å². The maximum Gasteiger partial charge on any atom is 0.263 e. The molecule has 0 spiro atoms. The van der Waals surface area contributed by atoms with Gasteiger partial charge in [0.05, 0.1) is 12.5 Å². The van der Waals surface area contributed by atoms with E-state index in [9.17, 15) is 9.59 Å². The molecule has 2 heterocycles. The van der Waals surface area contributed by atoms with Gasteiger partial charge in [0.15, 0.2) is 5.65 Å². The Labute approximate surface area is 228 Å². The number of carbonyl (C=O) groups excluding carboxylic acids is 1. The fourth-order valence-electron chi connectivity index (χ4n) is 5.27. The molecule has 1 amide bonds. The number of ether oxygens (including phenoxy) is 1. The van der Waals surface area contributed by atoms with Crippen molar-refractivity contribution in [2.24, 2.45) is 0 Å². The molecule has 8 heteroatoms. The fraction of sp³-hybridized carbons (Fsp3) is 0.355. The zero-order valence-electron chi connectivity index (χ0n) is 22.8. The van der Waals surface area contributed by atoms with Gasteiger partial charge in [-0.05, 0) is 62.3 Å². The first-order valence-corrected chi connectivity index (χ1v) is 13.5. The minimum Gasteiger partial charge on any atom is -0.497 e. The van der Waals surface area contributed by atoms with Crippen LogP contribution in [0.3, 0.4) is 0 Å². The van der Waals surface area contributed by atoms with E-state index in [-0.39, 0.29) is 24.1 Å². The molecular weight excluding hydrogens is 490 g/mol. The van der Waals surface area contributed by atoms with Crippen molar-refractivity contribution in [2.45, 2.75) is 51.2 Å². The van der Waals surface area contributed by atoms with Crippen LogP contribution in [0.1, 0.15) is 37.7 Å². The molecule has 0 atom stereocenters. The van der Waals surface area contributed by atoms with Gasteiger partial charge in [-0.3, -0.25) is 14.2 Å². The van der Waals surface area contributed by atoms with Crippen molar-refractivity contribution in [1.29, 1.82) is 0 Å². The van der Waals surface area contributed by atoms with E-state index in [0.717, 1.165) is 43.4 Å². The normalized spacial score (nSPS) is 14.1. The van der Waals surface area contributed by atoms with Gasteiger partial charge < -0.3 is 15.0 Å². The molecule has 2 aromatic heterocycles. The van der Waals surface area contributed by atoms with E-state index in [1.807, 2.05) is 56.6 Å². The number of nitrogens with zero attached hydrogens (tertiary/aromatic N) is 4. The Bertz CT molecular complexity index is 1540. The molecule has 8 nitrogen and oxygen atoms in total. The van der Waals surface area contributed by atoms with E-state index in [0.29, 0.717) is 28.2 Å². The Morgan fingerprint density at radius 2 is 1.79 bits per heavy atom. The second-order valence-electron chi connectivity index (χ2n) is 10.5. The lowest BCUT2D eigenvalue weighted by molar-refractivity contribution is -0.122. The molecule has 1 aliphatic rings. The fourth-order valence-corrected chi connectivity index (χ4v) is 5.27. The summed E-state index contributed by atoms with van der Waals surface area (Å²) < 4.78 is 6.86. The van der Waals surface area contributed by atoms with Crippen LogP contribution in [0.25, 0.3) is 33.5 Å². The second-order valence-corrected chi connectivity index (χ2v) is 10.5. The molecule has 0 saturated heterocycles. The average molecular weight is 526 g/mol. The number of amides is 1. The number of benzene rings is 2. The summed E-state index contributed by atoms with van der Waals surface area (Å²) in [5.74, 6) is 0.842. The van der Waals surface area contributed by atoms with Crippen LogP contribution in [0, 0.1) is 0 Å². The first kappa shape index (κ1) is 26.6. The first-order chi connectivity index (χ1) is 18.9. The lowest BCUT2D eigenvalue weighted by Crippen LogP contribution is -2.40. The van der Waals surface area contributed by atoms with Gasteiger partial charge >= 0.3 is 0 Å². The van der Waals surface area contributed by atoms with Crippen LogP contribution in [0.4, 0.5) is 0 Å². The molecule has 1 N–H and O–H groups in total. The van der Waals surface area contributed by atoms with Crippen LogP contribution in [0.15, 0.2) is 65.6 Å². The Balaban J connectivity index is 1.58. The number of hydrogen-bond donors (Lipinski definition) is 1. The summed E-state index contributed by atoms with van der Waals surface area (Å²) in [5.41, 5.74) is 3.70. The maximum atomic E-state index is 14.0. The minimum atomic E-state index is -0.296. The van der Waals surface area contributed by atoms with Crippen molar-refractivity contribution >= 4 is 16.9 Å². The zero-order chi connectivity index (χ0) is 27.4. The van der Waals surface area contributed by atoms with Crippen molar-refractivity contribution in [1.82, 2.24) is 24.8 Å². The lowest BCUT2D eigenvalue weighted by Gasteiger charge is -2.23. The summed E-state index contributed by atoms with van der Waals surface area (Å²) >= 11 is 0. The van der Waals surface area contributed by atoms with Crippen LogP contribution in [-0.4, -0.2) is 52.6 Å². The zero-order valence-corrected chi connectivity index (χ0v) is 22.8. The first-order valence-electron chi connectivity index (χ1n) is 13.5. The number of carbonyl (C=O) groups is 1. The Morgan fingerprint density at radius 3 is 2.56 bits per heavy atom. The molecule has 202 valence electrons. The van der Waals surface area contributed by atoms with Crippen molar-refractivity contribution in [2.75, 3.05) is 21.2 Å². The van der Waals surface area contributed by atoms with Crippen LogP contribution >= 0.6 is 0 Å². The number of aromatic nitrogens is 3. The predicted octanol–water partition coefficient (Wildman–Crippen LogP) is 4.64. The monoisotopic (exact) mass is 525 g/mol. The second kappa shape index (κ2) is 11.8. The number of fused-ring (bicyclic) bond motifs is 1. The highest BCUT2D eigenvalue weighted by molar-refractivity contribution is 5.83. The third-order valence-electron chi connectivity index (χ3n) is 7.17. The maximum absolute atomic E-state index is 14.0. The van der Waals surface area contributed by atoms with E-state index in [1.165, 1.54) is 16.6 Å². The molecule has 1 fully saturated rings. The van der Waals surface area contributed by atoms with Gasteiger partial charge in [0, 0.05) is 29.9 Å². The van der Waals surface area contributed by atoms with Gasteiger partial charge in [-0.1, -0.05) is 49.6 Å². The molecule has 1 aliphatic carbocycles. The molecule has 5 rings (SSSR count). The highest BCUT2D eigenvalue weighted by Gasteiger charge is 2.20. The summed E-state index contributed by atoms with van der Waals surface area (Å²) in [6, 6.07) is 17.5. The van der Waals surface area contributed by atoms with Crippen LogP contribution in [0.2, 0.25) is 0 Å². The molecule has 0 bridgehead atoms. The Hall–Kier alpha value is -4.04. The van der Waals surface area contributed by atoms with Gasteiger partial charge in [0.25, 0.3) is 5.56 Å². The summed E-state index contributed by atoms with van der Waals surface area (Å²) in [6.45, 7) is 0.691. The molecule has 2 aromatic carbocycles. The lowest BCUT2D eigenvalue weighted by atomic mass is 9.95. The molecular formula is C31H35N5O3. The number of hydrogen-bond acceptors (Lipinski definition) is 6. The number of methoxy groups -OCH3 is 1. The van der Waals surface area contributed by atoms with Gasteiger partial charge in [-0.15, -0.1) is 0 Å². The third-order valence-corrected chi connectivity index (χ3v) is 7.17. The molecule has 4 aromatic rings. The number of rotatable bonds is 8.